The van der Waals surface area contributed by atoms with Crippen molar-refractivity contribution >= 4 is 11.7 Å². The van der Waals surface area contributed by atoms with Crippen LogP contribution in [-0.2, 0) is 0 Å². The maximum absolute atomic E-state index is 12.6. The minimum Gasteiger partial charge on any atom is -0.497 e. The van der Waals surface area contributed by atoms with Crippen molar-refractivity contribution < 1.29 is 9.53 Å². The average Bonchev–Trinajstić information content (AvgIpc) is 3.25. The molecule has 1 aliphatic rings. The van der Waals surface area contributed by atoms with E-state index in [1.165, 1.54) is 6.42 Å². The zero-order valence-electron chi connectivity index (χ0n) is 15.9. The highest BCUT2D eigenvalue weighted by Crippen LogP contribution is 2.29. The number of rotatable bonds is 4. The number of ether oxygens (including phenoxy) is 1. The summed E-state index contributed by atoms with van der Waals surface area (Å²) >= 11 is 0. The Balaban J connectivity index is 1.56. The number of carbonyl (C=O) groups is 1. The summed E-state index contributed by atoms with van der Waals surface area (Å²) in [5, 5.41) is 3.07. The molecule has 0 atom stereocenters. The number of methoxy groups -OCH3 is 1. The first-order valence-electron chi connectivity index (χ1n) is 9.59. The van der Waals surface area contributed by atoms with E-state index in [0.717, 1.165) is 60.0 Å². The fourth-order valence-corrected chi connectivity index (χ4v) is 3.47. The number of hydrogen-bond acceptors (Lipinski definition) is 3. The molecule has 4 rings (SSSR count). The third-order valence-electron chi connectivity index (χ3n) is 5.04. The zero-order chi connectivity index (χ0) is 19.3. The summed E-state index contributed by atoms with van der Waals surface area (Å²) in [5.41, 5.74) is 3.53. The number of aromatic nitrogens is 2. The maximum Gasteiger partial charge on any atom is 0.321 e. The number of carbonyl (C=O) groups excluding carboxylic acids is 1. The van der Waals surface area contributed by atoms with E-state index in [1.807, 2.05) is 53.4 Å². The number of hydrogen-bond donors (Lipinski definition) is 2. The number of anilines is 1. The minimum absolute atomic E-state index is 0.0398. The standard InChI is InChI=1S/C22H24N4O2/c1-28-17-11-9-16(10-12-17)21-23-15-20(24-21)18-7-3-4-8-19(18)25-22(27)26-13-5-2-6-14-26/h3-4,7-12,15H,2,5-6,13-14H2,1H3,(H,23,24)(H,25,27). The molecule has 0 saturated carbocycles. The van der Waals surface area contributed by atoms with E-state index in [0.29, 0.717) is 0 Å². The van der Waals surface area contributed by atoms with Crippen LogP contribution in [0, 0.1) is 0 Å². The van der Waals surface area contributed by atoms with Gasteiger partial charge >= 0.3 is 6.03 Å². The fraction of sp³-hybridized carbons (Fsp3) is 0.273. The predicted octanol–water partition coefficient (Wildman–Crippen LogP) is 4.77. The van der Waals surface area contributed by atoms with Crippen LogP contribution in [0.25, 0.3) is 22.6 Å². The lowest BCUT2D eigenvalue weighted by atomic mass is 10.1. The Morgan fingerprint density at radius 1 is 1.07 bits per heavy atom. The van der Waals surface area contributed by atoms with Crippen LogP contribution in [-0.4, -0.2) is 41.1 Å². The number of nitrogens with zero attached hydrogens (tertiary/aromatic N) is 2. The van der Waals surface area contributed by atoms with Crippen LogP contribution in [0.3, 0.4) is 0 Å². The first kappa shape index (κ1) is 18.1. The Kier molecular flexibility index (Phi) is 5.28. The lowest BCUT2D eigenvalue weighted by molar-refractivity contribution is 0.200. The Morgan fingerprint density at radius 2 is 1.82 bits per heavy atom. The van der Waals surface area contributed by atoms with Crippen LogP contribution in [0.1, 0.15) is 19.3 Å². The molecule has 2 amide bonds. The van der Waals surface area contributed by atoms with Crippen molar-refractivity contribution in [3.63, 3.8) is 0 Å². The van der Waals surface area contributed by atoms with E-state index in [4.69, 9.17) is 4.74 Å². The SMILES string of the molecule is COc1ccc(-c2ncc(-c3ccccc3NC(=O)N3CCCCC3)[nH]2)cc1. The molecule has 0 spiro atoms. The minimum atomic E-state index is -0.0398. The van der Waals surface area contributed by atoms with E-state index in [-0.39, 0.29) is 6.03 Å². The van der Waals surface area contributed by atoms with Gasteiger partial charge in [-0.1, -0.05) is 18.2 Å². The molecule has 0 radical (unpaired) electrons. The number of urea groups is 1. The molecule has 3 aromatic rings. The first-order chi connectivity index (χ1) is 13.7. The van der Waals surface area contributed by atoms with Crippen molar-refractivity contribution in [3.8, 4) is 28.4 Å². The molecule has 1 saturated heterocycles. The summed E-state index contributed by atoms with van der Waals surface area (Å²) in [4.78, 5) is 22.4. The number of aromatic amines is 1. The molecule has 0 unspecified atom stereocenters. The van der Waals surface area contributed by atoms with Gasteiger partial charge in [-0.2, -0.15) is 0 Å². The second-order valence-corrected chi connectivity index (χ2v) is 6.90. The average molecular weight is 376 g/mol. The monoisotopic (exact) mass is 376 g/mol. The first-order valence-corrected chi connectivity index (χ1v) is 9.59. The Morgan fingerprint density at radius 3 is 2.57 bits per heavy atom. The van der Waals surface area contributed by atoms with Crippen LogP contribution < -0.4 is 10.1 Å². The van der Waals surface area contributed by atoms with Crippen molar-refractivity contribution in [2.75, 3.05) is 25.5 Å². The number of amides is 2. The second kappa shape index (κ2) is 8.17. The number of likely N-dealkylation sites (tertiary alicyclic amines) is 1. The summed E-state index contributed by atoms with van der Waals surface area (Å²) in [6.07, 6.45) is 5.13. The molecular weight excluding hydrogens is 352 g/mol. The molecule has 2 aromatic carbocycles. The van der Waals surface area contributed by atoms with Crippen LogP contribution in [0.4, 0.5) is 10.5 Å². The normalized spacial score (nSPS) is 14.0. The largest absolute Gasteiger partial charge is 0.497 e. The second-order valence-electron chi connectivity index (χ2n) is 6.90. The molecule has 144 valence electrons. The number of nitrogens with one attached hydrogen (secondary N) is 2. The third-order valence-corrected chi connectivity index (χ3v) is 5.04. The smallest absolute Gasteiger partial charge is 0.321 e. The van der Waals surface area contributed by atoms with Crippen molar-refractivity contribution in [1.82, 2.24) is 14.9 Å². The topological polar surface area (TPSA) is 70.2 Å². The number of benzene rings is 2. The van der Waals surface area contributed by atoms with Crippen molar-refractivity contribution in [3.05, 3.63) is 54.7 Å². The Hall–Kier alpha value is -3.28. The molecule has 28 heavy (non-hydrogen) atoms. The van der Waals surface area contributed by atoms with Crippen molar-refractivity contribution in [2.24, 2.45) is 0 Å². The van der Waals surface area contributed by atoms with Gasteiger partial charge in [-0.3, -0.25) is 0 Å². The van der Waals surface area contributed by atoms with E-state index >= 15 is 0 Å². The number of H-pyrrole nitrogens is 1. The van der Waals surface area contributed by atoms with Gasteiger partial charge in [0.1, 0.15) is 11.6 Å². The van der Waals surface area contributed by atoms with E-state index in [2.05, 4.69) is 15.3 Å². The quantitative estimate of drug-likeness (QED) is 0.689. The fourth-order valence-electron chi connectivity index (χ4n) is 3.47. The zero-order valence-corrected chi connectivity index (χ0v) is 15.9. The van der Waals surface area contributed by atoms with Gasteiger partial charge in [-0.25, -0.2) is 9.78 Å². The molecule has 0 aliphatic carbocycles. The van der Waals surface area contributed by atoms with Gasteiger partial charge in [-0.05, 0) is 49.6 Å². The lowest BCUT2D eigenvalue weighted by Crippen LogP contribution is -2.38. The summed E-state index contributed by atoms with van der Waals surface area (Å²) in [5.74, 6) is 1.58. The highest BCUT2D eigenvalue weighted by atomic mass is 16.5. The third kappa shape index (κ3) is 3.86. The van der Waals surface area contributed by atoms with Crippen LogP contribution in [0.15, 0.2) is 54.7 Å². The van der Waals surface area contributed by atoms with Gasteiger partial charge in [0, 0.05) is 24.2 Å². The van der Waals surface area contributed by atoms with Crippen molar-refractivity contribution in [2.45, 2.75) is 19.3 Å². The number of piperidine rings is 1. The van der Waals surface area contributed by atoms with Gasteiger partial charge in [0.25, 0.3) is 0 Å². The van der Waals surface area contributed by atoms with Gasteiger partial charge in [0.15, 0.2) is 0 Å². The molecule has 1 aliphatic heterocycles. The molecule has 6 heteroatoms. The summed E-state index contributed by atoms with van der Waals surface area (Å²) < 4.78 is 5.21. The molecule has 2 N–H and O–H groups in total. The summed E-state index contributed by atoms with van der Waals surface area (Å²) in [6, 6.07) is 15.5. The molecule has 1 aromatic heterocycles. The van der Waals surface area contributed by atoms with Gasteiger partial charge in [-0.15, -0.1) is 0 Å². The summed E-state index contributed by atoms with van der Waals surface area (Å²) in [6.45, 7) is 1.64. The van der Waals surface area contributed by atoms with E-state index in [1.54, 1.807) is 13.3 Å². The van der Waals surface area contributed by atoms with Crippen LogP contribution in [0.2, 0.25) is 0 Å². The molecule has 0 bridgehead atoms. The molecular formula is C22H24N4O2. The van der Waals surface area contributed by atoms with Crippen LogP contribution in [0.5, 0.6) is 5.75 Å². The highest BCUT2D eigenvalue weighted by Gasteiger charge is 2.18. The van der Waals surface area contributed by atoms with E-state index in [9.17, 15) is 4.79 Å². The summed E-state index contributed by atoms with van der Waals surface area (Å²) in [7, 11) is 1.65. The molecule has 2 heterocycles. The maximum atomic E-state index is 12.6. The molecule has 6 nitrogen and oxygen atoms in total. The Labute approximate surface area is 164 Å². The van der Waals surface area contributed by atoms with Crippen LogP contribution >= 0.6 is 0 Å². The number of para-hydroxylation sites is 1. The lowest BCUT2D eigenvalue weighted by Gasteiger charge is -2.27. The predicted molar refractivity (Wildman–Crippen MR) is 110 cm³/mol. The highest BCUT2D eigenvalue weighted by molar-refractivity contribution is 5.94. The van der Waals surface area contributed by atoms with Gasteiger partial charge in [0.2, 0.25) is 0 Å². The molecule has 1 fully saturated rings. The van der Waals surface area contributed by atoms with E-state index < -0.39 is 0 Å². The number of imidazole rings is 1. The Bertz CT molecular complexity index is 943. The van der Waals surface area contributed by atoms with Gasteiger partial charge in [0.05, 0.1) is 24.7 Å². The van der Waals surface area contributed by atoms with Gasteiger partial charge < -0.3 is 19.9 Å². The van der Waals surface area contributed by atoms with Crippen molar-refractivity contribution in [1.29, 1.82) is 0 Å².